The Balaban J connectivity index is 2.05. The lowest BCUT2D eigenvalue weighted by molar-refractivity contribution is -0.135. The van der Waals surface area contributed by atoms with E-state index in [4.69, 9.17) is 20.8 Å². The summed E-state index contributed by atoms with van der Waals surface area (Å²) in [5.74, 6) is -0.117. The number of likely N-dealkylation sites (N-methyl/N-ethyl adjacent to an activating group) is 2. The first-order chi connectivity index (χ1) is 13.1. The summed E-state index contributed by atoms with van der Waals surface area (Å²) >= 11 is 6.04. The summed E-state index contributed by atoms with van der Waals surface area (Å²) in [4.78, 5) is 27.6. The number of hydrogen-bond donors (Lipinski definition) is 0. The molecule has 1 aromatic heterocycles. The first kappa shape index (κ1) is 21.9. The van der Waals surface area contributed by atoms with Crippen LogP contribution in [-0.4, -0.2) is 48.9 Å². The van der Waals surface area contributed by atoms with Crippen molar-refractivity contribution in [2.75, 3.05) is 21.2 Å². The minimum Gasteiger partial charge on any atom is -0.465 e. The molecule has 0 spiro atoms. The van der Waals surface area contributed by atoms with E-state index in [0.717, 1.165) is 0 Å². The highest BCUT2D eigenvalue weighted by Crippen LogP contribution is 2.21. The molecule has 1 atom stereocenters. The molecule has 0 aliphatic carbocycles. The number of hydrogen-bond acceptors (Lipinski definition) is 5. The lowest BCUT2D eigenvalue weighted by atomic mass is 10.1. The predicted octanol–water partition coefficient (Wildman–Crippen LogP) is 3.65. The van der Waals surface area contributed by atoms with Crippen molar-refractivity contribution in [3.63, 3.8) is 0 Å². The summed E-state index contributed by atoms with van der Waals surface area (Å²) in [5.41, 5.74) is 0.635. The zero-order chi connectivity index (χ0) is 21.0. The summed E-state index contributed by atoms with van der Waals surface area (Å²) in [7, 11) is 4.67. The van der Waals surface area contributed by atoms with Gasteiger partial charge in [0.2, 0.25) is 5.91 Å². The van der Waals surface area contributed by atoms with Gasteiger partial charge in [-0.1, -0.05) is 17.7 Å². The van der Waals surface area contributed by atoms with Crippen molar-refractivity contribution in [2.24, 2.45) is 0 Å². The maximum absolute atomic E-state index is 14.0. The second-order valence-corrected chi connectivity index (χ2v) is 7.07. The Kier molecular flexibility index (Phi) is 7.21. The van der Waals surface area contributed by atoms with Gasteiger partial charge in [0.25, 0.3) is 0 Å². The van der Waals surface area contributed by atoms with Crippen LogP contribution in [-0.2, 0) is 22.6 Å². The Morgan fingerprint density at radius 1 is 1.29 bits per heavy atom. The molecule has 8 heteroatoms. The van der Waals surface area contributed by atoms with Crippen LogP contribution >= 0.6 is 11.6 Å². The van der Waals surface area contributed by atoms with Crippen LogP contribution in [0, 0.1) is 12.7 Å². The molecule has 1 heterocycles. The molecule has 152 valence electrons. The number of ether oxygens (including phenoxy) is 1. The number of halogens is 2. The number of amides is 1. The van der Waals surface area contributed by atoms with Crippen molar-refractivity contribution in [1.82, 2.24) is 9.80 Å². The molecule has 0 saturated carbocycles. The van der Waals surface area contributed by atoms with Crippen molar-refractivity contribution in [3.8, 4) is 0 Å². The SMILES string of the molecule is COC(=O)c1cc(CN(C)C(C)C(=O)N(C)Cc2c(F)cccc2Cl)oc1C. The standard InChI is InChI=1S/C20H24ClFN2O4/c1-12(19(25)24(4)11-16-17(21)7-6-8-18(16)22)23(3)10-14-9-15(13(2)28-14)20(26)27-5/h6-9,12H,10-11H2,1-5H3. The molecule has 2 aromatic rings. The fraction of sp³-hybridized carbons (Fsp3) is 0.400. The Hall–Kier alpha value is -2.38. The zero-order valence-electron chi connectivity index (χ0n) is 16.6. The quantitative estimate of drug-likeness (QED) is 0.652. The summed E-state index contributed by atoms with van der Waals surface area (Å²) < 4.78 is 24.3. The molecule has 0 aliphatic rings. The van der Waals surface area contributed by atoms with Gasteiger partial charge in [0, 0.05) is 24.2 Å². The van der Waals surface area contributed by atoms with Gasteiger partial charge in [-0.05, 0) is 39.1 Å². The second-order valence-electron chi connectivity index (χ2n) is 6.66. The van der Waals surface area contributed by atoms with Crippen LogP contribution in [0.15, 0.2) is 28.7 Å². The fourth-order valence-electron chi connectivity index (χ4n) is 2.82. The third-order valence-electron chi connectivity index (χ3n) is 4.63. The average Bonchev–Trinajstić information content (AvgIpc) is 3.02. The number of aryl methyl sites for hydroxylation is 1. The van der Waals surface area contributed by atoms with Crippen LogP contribution in [0.25, 0.3) is 0 Å². The third-order valence-corrected chi connectivity index (χ3v) is 4.99. The van der Waals surface area contributed by atoms with E-state index in [9.17, 15) is 14.0 Å². The first-order valence-corrected chi connectivity index (χ1v) is 9.09. The molecular weight excluding hydrogens is 387 g/mol. The van der Waals surface area contributed by atoms with E-state index in [0.29, 0.717) is 23.6 Å². The van der Waals surface area contributed by atoms with Gasteiger partial charge in [0.1, 0.15) is 22.9 Å². The number of carbonyl (C=O) groups is 2. The Morgan fingerprint density at radius 3 is 2.57 bits per heavy atom. The molecule has 1 aromatic carbocycles. The Labute approximate surface area is 168 Å². The van der Waals surface area contributed by atoms with Crippen LogP contribution in [0.2, 0.25) is 5.02 Å². The van der Waals surface area contributed by atoms with Crippen LogP contribution in [0.4, 0.5) is 4.39 Å². The second kappa shape index (κ2) is 9.21. The normalized spacial score (nSPS) is 12.1. The van der Waals surface area contributed by atoms with Crippen LogP contribution in [0.1, 0.15) is 34.4 Å². The van der Waals surface area contributed by atoms with E-state index in [-0.39, 0.29) is 23.0 Å². The summed E-state index contributed by atoms with van der Waals surface area (Å²) in [5, 5.41) is 0.280. The summed E-state index contributed by atoms with van der Waals surface area (Å²) in [6.07, 6.45) is 0. The van der Waals surface area contributed by atoms with Gasteiger partial charge in [0.15, 0.2) is 0 Å². The number of rotatable bonds is 7. The van der Waals surface area contributed by atoms with Crippen LogP contribution < -0.4 is 0 Å². The molecule has 0 bridgehead atoms. The minimum atomic E-state index is -0.498. The number of furan rings is 1. The Morgan fingerprint density at radius 2 is 1.96 bits per heavy atom. The predicted molar refractivity (Wildman–Crippen MR) is 104 cm³/mol. The number of carbonyl (C=O) groups excluding carboxylic acids is 2. The largest absolute Gasteiger partial charge is 0.465 e. The van der Waals surface area contributed by atoms with Gasteiger partial charge in [0.05, 0.1) is 19.7 Å². The minimum absolute atomic E-state index is 0.0644. The first-order valence-electron chi connectivity index (χ1n) is 8.71. The molecule has 1 amide bonds. The Bertz CT molecular complexity index is 848. The van der Waals surface area contributed by atoms with Gasteiger partial charge in [-0.3, -0.25) is 9.69 Å². The average molecular weight is 411 g/mol. The summed E-state index contributed by atoms with van der Waals surface area (Å²) in [6.45, 7) is 3.81. The van der Waals surface area contributed by atoms with E-state index in [2.05, 4.69) is 0 Å². The fourth-order valence-corrected chi connectivity index (χ4v) is 3.05. The van der Waals surface area contributed by atoms with E-state index in [1.54, 1.807) is 45.0 Å². The molecule has 28 heavy (non-hydrogen) atoms. The number of nitrogens with zero attached hydrogens (tertiary/aromatic N) is 2. The van der Waals surface area contributed by atoms with Gasteiger partial charge in [-0.15, -0.1) is 0 Å². The molecular formula is C20H24ClFN2O4. The molecule has 0 aliphatic heterocycles. The highest BCUT2D eigenvalue weighted by molar-refractivity contribution is 6.31. The van der Waals surface area contributed by atoms with Crippen molar-refractivity contribution in [2.45, 2.75) is 33.0 Å². The maximum Gasteiger partial charge on any atom is 0.341 e. The van der Waals surface area contributed by atoms with E-state index >= 15 is 0 Å². The van der Waals surface area contributed by atoms with Crippen molar-refractivity contribution in [3.05, 3.63) is 57.8 Å². The molecule has 0 N–H and O–H groups in total. The van der Waals surface area contributed by atoms with Gasteiger partial charge in [-0.2, -0.15) is 0 Å². The van der Waals surface area contributed by atoms with E-state index in [1.807, 2.05) is 0 Å². The summed E-state index contributed by atoms with van der Waals surface area (Å²) in [6, 6.07) is 5.53. The van der Waals surface area contributed by atoms with E-state index in [1.165, 1.54) is 24.1 Å². The topological polar surface area (TPSA) is 63.0 Å². The highest BCUT2D eigenvalue weighted by atomic mass is 35.5. The molecule has 0 saturated heterocycles. The highest BCUT2D eigenvalue weighted by Gasteiger charge is 2.25. The molecule has 2 rings (SSSR count). The maximum atomic E-state index is 14.0. The molecule has 6 nitrogen and oxygen atoms in total. The van der Waals surface area contributed by atoms with Crippen LogP contribution in [0.3, 0.4) is 0 Å². The van der Waals surface area contributed by atoms with Crippen molar-refractivity contribution >= 4 is 23.5 Å². The smallest absolute Gasteiger partial charge is 0.341 e. The van der Waals surface area contributed by atoms with Gasteiger partial charge in [-0.25, -0.2) is 9.18 Å². The van der Waals surface area contributed by atoms with Gasteiger partial charge >= 0.3 is 5.97 Å². The molecule has 1 unspecified atom stereocenters. The third kappa shape index (κ3) is 4.91. The lowest BCUT2D eigenvalue weighted by Gasteiger charge is -2.28. The number of benzene rings is 1. The zero-order valence-corrected chi connectivity index (χ0v) is 17.3. The molecule has 0 radical (unpaired) electrons. The van der Waals surface area contributed by atoms with E-state index < -0.39 is 17.8 Å². The monoisotopic (exact) mass is 410 g/mol. The lowest BCUT2D eigenvalue weighted by Crippen LogP contribution is -2.43. The van der Waals surface area contributed by atoms with Gasteiger partial charge < -0.3 is 14.1 Å². The van der Waals surface area contributed by atoms with Crippen LogP contribution in [0.5, 0.6) is 0 Å². The number of methoxy groups -OCH3 is 1. The molecule has 0 fully saturated rings. The number of esters is 1. The van der Waals surface area contributed by atoms with Crippen molar-refractivity contribution < 1.29 is 23.1 Å². The van der Waals surface area contributed by atoms with Crippen molar-refractivity contribution in [1.29, 1.82) is 0 Å².